The number of alkyl halides is 3. The first-order chi connectivity index (χ1) is 21.6. The first-order valence-corrected chi connectivity index (χ1v) is 14.6. The topological polar surface area (TPSA) is 126 Å². The number of benzene rings is 1. The molecule has 1 atom stereocenters. The van der Waals surface area contributed by atoms with Gasteiger partial charge in [-0.15, -0.1) is 0 Å². The molecular weight excluding hydrogens is 631 g/mol. The summed E-state index contributed by atoms with van der Waals surface area (Å²) in [6, 6.07) is 4.43. The maximum absolute atomic E-state index is 14.1. The Labute approximate surface area is 291 Å². The minimum Gasteiger partial charge on any atom is -0.549 e. The fourth-order valence-corrected chi connectivity index (χ4v) is 5.90. The van der Waals surface area contributed by atoms with Crippen molar-refractivity contribution in [3.05, 3.63) is 48.0 Å². The summed E-state index contributed by atoms with van der Waals surface area (Å²) >= 11 is 0. The molecule has 0 unspecified atom stereocenters. The number of hydrogen-bond acceptors (Lipinski definition) is 10. The van der Waals surface area contributed by atoms with Crippen LogP contribution in [0.1, 0.15) is 26.3 Å². The van der Waals surface area contributed by atoms with Crippen LogP contribution < -0.4 is 44.5 Å². The molecule has 0 saturated carbocycles. The average Bonchev–Trinajstić information content (AvgIpc) is 3.40. The normalized spacial score (nSPS) is 15.9. The van der Waals surface area contributed by atoms with Crippen LogP contribution in [-0.2, 0) is 15.7 Å². The van der Waals surface area contributed by atoms with E-state index in [0.717, 1.165) is 12.1 Å². The van der Waals surface area contributed by atoms with Gasteiger partial charge in [0.05, 0.1) is 41.9 Å². The van der Waals surface area contributed by atoms with E-state index in [9.17, 15) is 27.5 Å². The second-order valence-electron chi connectivity index (χ2n) is 12.4. The van der Waals surface area contributed by atoms with E-state index in [0.29, 0.717) is 61.3 Å². The number of H-pyrrole nitrogens is 1. The van der Waals surface area contributed by atoms with Crippen molar-refractivity contribution in [3.8, 4) is 22.8 Å². The van der Waals surface area contributed by atoms with E-state index >= 15 is 0 Å². The molecule has 0 spiro atoms. The monoisotopic (exact) mass is 666 g/mol. The molecule has 1 fully saturated rings. The Bertz CT molecular complexity index is 1720. The number of ether oxygens (including phenoxy) is 1. The molecule has 4 aromatic rings. The van der Waals surface area contributed by atoms with Gasteiger partial charge in [-0.05, 0) is 31.2 Å². The smallest absolute Gasteiger partial charge is 0.549 e. The first kappa shape index (κ1) is 36.5. The number of nitrogens with zero attached hydrogens (tertiary/aromatic N) is 7. The molecule has 1 aliphatic heterocycles. The summed E-state index contributed by atoms with van der Waals surface area (Å²) in [5.74, 6) is -1.51. The van der Waals surface area contributed by atoms with E-state index in [1.165, 1.54) is 6.07 Å². The number of halogens is 4. The third-order valence-electron chi connectivity index (χ3n) is 7.86. The number of carboxylic acids is 1. The largest absolute Gasteiger partial charge is 1.00 e. The van der Waals surface area contributed by atoms with Crippen molar-refractivity contribution in [2.75, 3.05) is 63.3 Å². The van der Waals surface area contributed by atoms with Gasteiger partial charge >= 0.3 is 35.7 Å². The molecule has 246 valence electrons. The Morgan fingerprint density at radius 1 is 1.13 bits per heavy atom. The standard InChI is InChI=1S/C31H36F4N8O3.Na/c1-18-14-42(15-26(44)45)8-9-43(18)25-13-36-23(12-37-25)28-39-27-24(41(4)16-30(2,3)17-46-5)11-22(38-29(27)40-28)19-6-7-21(32)20(10-19)31(33,34)35;/h6-7,10-13,18H,8-9,14-17H2,1-5H3,(H,44,45)(H,38,39,40);/q;+1/p-1/t18-;/m1./s1. The van der Waals surface area contributed by atoms with Crippen molar-refractivity contribution in [2.45, 2.75) is 33.0 Å². The summed E-state index contributed by atoms with van der Waals surface area (Å²) in [4.78, 5) is 38.4. The van der Waals surface area contributed by atoms with Gasteiger partial charge in [0.15, 0.2) is 11.5 Å². The summed E-state index contributed by atoms with van der Waals surface area (Å²) in [5, 5.41) is 11.0. The van der Waals surface area contributed by atoms with E-state index in [1.807, 2.05) is 42.5 Å². The maximum Gasteiger partial charge on any atom is 1.00 e. The SMILES string of the molecule is COCC(C)(C)CN(C)c1cc(-c2ccc(F)c(C(F)(F)F)c2)nc2nc(-c3cnc(N4CCN(CC(=O)[O-])C[C@H]4C)cn3)[nH]c12.[Na+]. The number of fused-ring (bicyclic) bond motifs is 1. The molecule has 3 aromatic heterocycles. The molecule has 47 heavy (non-hydrogen) atoms. The van der Waals surface area contributed by atoms with E-state index in [4.69, 9.17) is 4.74 Å². The molecule has 0 radical (unpaired) electrons. The number of piperazine rings is 1. The third-order valence-corrected chi connectivity index (χ3v) is 7.86. The summed E-state index contributed by atoms with van der Waals surface area (Å²) in [6.45, 7) is 8.53. The summed E-state index contributed by atoms with van der Waals surface area (Å²) < 4.78 is 60.1. The molecular formula is C31H35F4N8NaO3. The number of nitrogens with one attached hydrogen (secondary N) is 1. The molecule has 0 aliphatic carbocycles. The predicted octanol–water partition coefficient (Wildman–Crippen LogP) is 0.613. The zero-order chi connectivity index (χ0) is 33.4. The molecule has 1 aliphatic rings. The van der Waals surface area contributed by atoms with Gasteiger partial charge in [-0.1, -0.05) is 13.8 Å². The average molecular weight is 667 g/mol. The number of aliphatic carboxylic acids is 1. The van der Waals surface area contributed by atoms with Gasteiger partial charge in [0.25, 0.3) is 0 Å². The minimum absolute atomic E-state index is 0. The second kappa shape index (κ2) is 14.4. The number of carbonyl (C=O) groups excluding carboxylic acids is 1. The molecule has 1 aromatic carbocycles. The van der Waals surface area contributed by atoms with Gasteiger partial charge in [-0.3, -0.25) is 4.90 Å². The fraction of sp³-hybridized carbons (Fsp3) is 0.452. The molecule has 4 heterocycles. The Kier molecular flexibility index (Phi) is 11.2. The Hall–Kier alpha value is -3.37. The van der Waals surface area contributed by atoms with Crippen LogP contribution in [0, 0.1) is 11.2 Å². The van der Waals surface area contributed by atoms with Crippen LogP contribution >= 0.6 is 0 Å². The summed E-state index contributed by atoms with van der Waals surface area (Å²) in [6.07, 6.45) is -1.70. The van der Waals surface area contributed by atoms with Crippen LogP contribution in [-0.4, -0.2) is 95.3 Å². The van der Waals surface area contributed by atoms with E-state index in [2.05, 4.69) is 24.9 Å². The van der Waals surface area contributed by atoms with Crippen molar-refractivity contribution in [1.29, 1.82) is 0 Å². The molecule has 11 nitrogen and oxygen atoms in total. The predicted molar refractivity (Wildman–Crippen MR) is 162 cm³/mol. The third kappa shape index (κ3) is 8.38. The number of methoxy groups -OCH3 is 1. The van der Waals surface area contributed by atoms with Crippen LogP contribution in [0.25, 0.3) is 33.9 Å². The minimum atomic E-state index is -4.88. The van der Waals surface area contributed by atoms with Gasteiger partial charge in [0, 0.05) is 63.9 Å². The first-order valence-electron chi connectivity index (χ1n) is 14.6. The molecule has 16 heteroatoms. The van der Waals surface area contributed by atoms with Gasteiger partial charge in [-0.2, -0.15) is 13.2 Å². The zero-order valence-corrected chi connectivity index (χ0v) is 29.2. The van der Waals surface area contributed by atoms with Crippen LogP contribution in [0.4, 0.5) is 29.1 Å². The van der Waals surface area contributed by atoms with Crippen LogP contribution in [0.2, 0.25) is 0 Å². The van der Waals surface area contributed by atoms with Crippen LogP contribution in [0.3, 0.4) is 0 Å². The van der Waals surface area contributed by atoms with E-state index < -0.39 is 23.5 Å². The Morgan fingerprint density at radius 2 is 1.87 bits per heavy atom. The number of carboxylic acid groups (broad SMARTS) is 1. The van der Waals surface area contributed by atoms with Gasteiger partial charge in [0.1, 0.15) is 22.8 Å². The Morgan fingerprint density at radius 3 is 2.49 bits per heavy atom. The van der Waals surface area contributed by atoms with Crippen molar-refractivity contribution < 1.29 is 61.8 Å². The van der Waals surface area contributed by atoms with Crippen molar-refractivity contribution >= 4 is 28.6 Å². The van der Waals surface area contributed by atoms with Crippen LogP contribution in [0.5, 0.6) is 0 Å². The van der Waals surface area contributed by atoms with E-state index in [1.54, 1.807) is 25.6 Å². The van der Waals surface area contributed by atoms with Crippen LogP contribution in [0.15, 0.2) is 36.7 Å². The number of carbonyl (C=O) groups is 1. The molecule has 5 rings (SSSR count). The molecule has 0 bridgehead atoms. The fourth-order valence-electron chi connectivity index (χ4n) is 5.90. The van der Waals surface area contributed by atoms with Gasteiger partial charge in [-0.25, -0.2) is 24.3 Å². The van der Waals surface area contributed by atoms with Gasteiger partial charge < -0.3 is 29.4 Å². The number of aromatic amines is 1. The number of imidazole rings is 1. The summed E-state index contributed by atoms with van der Waals surface area (Å²) in [7, 11) is 3.47. The maximum atomic E-state index is 14.1. The van der Waals surface area contributed by atoms with Crippen molar-refractivity contribution in [3.63, 3.8) is 0 Å². The number of hydrogen-bond donors (Lipinski definition) is 1. The zero-order valence-electron chi connectivity index (χ0n) is 27.2. The molecule has 1 N–H and O–H groups in total. The number of anilines is 2. The van der Waals surface area contributed by atoms with E-state index in [-0.39, 0.29) is 64.5 Å². The quantitative estimate of drug-likeness (QED) is 0.190. The number of pyridine rings is 1. The summed E-state index contributed by atoms with van der Waals surface area (Å²) in [5.41, 5.74) is 0.428. The number of rotatable bonds is 10. The number of aromatic nitrogens is 5. The molecule has 1 saturated heterocycles. The second-order valence-corrected chi connectivity index (χ2v) is 12.4. The molecule has 0 amide bonds. The Balaban J connectivity index is 0.00000500. The van der Waals surface area contributed by atoms with Gasteiger partial charge in [0.2, 0.25) is 0 Å². The van der Waals surface area contributed by atoms with Crippen molar-refractivity contribution in [1.82, 2.24) is 29.8 Å². The van der Waals surface area contributed by atoms with Crippen molar-refractivity contribution in [2.24, 2.45) is 5.41 Å².